The number of hydrogen-bond acceptors (Lipinski definition) is 4. The van der Waals surface area contributed by atoms with E-state index in [1.165, 1.54) is 13.2 Å². The van der Waals surface area contributed by atoms with Gasteiger partial charge in [0.1, 0.15) is 5.82 Å². The number of rotatable bonds is 3. The fraction of sp³-hybridized carbons (Fsp3) is 0.0714. The van der Waals surface area contributed by atoms with E-state index in [0.717, 1.165) is 0 Å². The van der Waals surface area contributed by atoms with E-state index < -0.39 is 5.97 Å². The molecule has 3 N–H and O–H groups in total. The number of benzene rings is 2. The van der Waals surface area contributed by atoms with E-state index in [9.17, 15) is 9.18 Å². The summed E-state index contributed by atoms with van der Waals surface area (Å²) in [4.78, 5) is 11.7. The van der Waals surface area contributed by atoms with E-state index in [2.05, 4.69) is 21.2 Å². The van der Waals surface area contributed by atoms with Gasteiger partial charge in [-0.25, -0.2) is 9.18 Å². The van der Waals surface area contributed by atoms with Crippen molar-refractivity contribution in [2.45, 2.75) is 0 Å². The summed E-state index contributed by atoms with van der Waals surface area (Å²) in [5.74, 6) is -0.870. The molecule has 0 aromatic heterocycles. The normalized spacial score (nSPS) is 10.2. The number of para-hydroxylation sites is 1. The molecule has 0 radical (unpaired) electrons. The third-order valence-corrected chi connectivity index (χ3v) is 3.30. The molecule has 0 amide bonds. The summed E-state index contributed by atoms with van der Waals surface area (Å²) in [5, 5.41) is 3.00. The molecule has 104 valence electrons. The van der Waals surface area contributed by atoms with Crippen molar-refractivity contribution in [3.63, 3.8) is 0 Å². The molecule has 0 saturated heterocycles. The number of carbonyl (C=O) groups is 1. The number of carbonyl (C=O) groups excluding carboxylic acids is 1. The zero-order valence-corrected chi connectivity index (χ0v) is 12.2. The van der Waals surface area contributed by atoms with Gasteiger partial charge in [-0.3, -0.25) is 0 Å². The van der Waals surface area contributed by atoms with Crippen molar-refractivity contribution in [1.82, 2.24) is 0 Å². The summed E-state index contributed by atoms with van der Waals surface area (Å²) in [6.07, 6.45) is 0. The minimum atomic E-state index is -0.499. The van der Waals surface area contributed by atoms with Gasteiger partial charge in [0.25, 0.3) is 0 Å². The molecule has 2 rings (SSSR count). The predicted molar refractivity (Wildman–Crippen MR) is 79.6 cm³/mol. The van der Waals surface area contributed by atoms with Gasteiger partial charge in [-0.15, -0.1) is 0 Å². The lowest BCUT2D eigenvalue weighted by Gasteiger charge is -2.13. The molecule has 0 fully saturated rings. The standard InChI is InChI=1S/C14H12BrFN2O2/c1-20-14(19)9-3-2-4-12(17)13(9)18-8-5-6-11(16)10(15)7-8/h2-7,18H,17H2,1H3. The predicted octanol–water partition coefficient (Wildman–Crippen LogP) is 3.70. The summed E-state index contributed by atoms with van der Waals surface area (Å²) in [6, 6.07) is 9.34. The highest BCUT2D eigenvalue weighted by atomic mass is 79.9. The van der Waals surface area contributed by atoms with Crippen molar-refractivity contribution >= 4 is 39.0 Å². The van der Waals surface area contributed by atoms with Crippen LogP contribution in [0.4, 0.5) is 21.5 Å². The van der Waals surface area contributed by atoms with Crippen LogP contribution in [-0.4, -0.2) is 13.1 Å². The van der Waals surface area contributed by atoms with E-state index in [0.29, 0.717) is 27.1 Å². The molecule has 0 aliphatic carbocycles. The van der Waals surface area contributed by atoms with Crippen LogP contribution in [-0.2, 0) is 4.74 Å². The van der Waals surface area contributed by atoms with Crippen molar-refractivity contribution < 1.29 is 13.9 Å². The van der Waals surface area contributed by atoms with Gasteiger partial charge < -0.3 is 15.8 Å². The molecule has 4 nitrogen and oxygen atoms in total. The van der Waals surface area contributed by atoms with Crippen LogP contribution < -0.4 is 11.1 Å². The minimum absolute atomic E-state index is 0.313. The molecule has 6 heteroatoms. The number of nitrogen functional groups attached to an aromatic ring is 1. The van der Waals surface area contributed by atoms with E-state index in [-0.39, 0.29) is 5.82 Å². The van der Waals surface area contributed by atoms with Crippen LogP contribution in [0.25, 0.3) is 0 Å². The van der Waals surface area contributed by atoms with Gasteiger partial charge in [0.15, 0.2) is 0 Å². The zero-order valence-electron chi connectivity index (χ0n) is 10.6. The number of esters is 1. The first-order valence-corrected chi connectivity index (χ1v) is 6.51. The van der Waals surface area contributed by atoms with Gasteiger partial charge in [0, 0.05) is 5.69 Å². The largest absolute Gasteiger partial charge is 0.465 e. The molecule has 0 spiro atoms. The molecule has 2 aromatic rings. The highest BCUT2D eigenvalue weighted by molar-refractivity contribution is 9.10. The molecular formula is C14H12BrFN2O2. The Hall–Kier alpha value is -2.08. The van der Waals surface area contributed by atoms with Crippen molar-refractivity contribution in [3.05, 3.63) is 52.3 Å². The van der Waals surface area contributed by atoms with Gasteiger partial charge in [-0.05, 0) is 46.3 Å². The molecular weight excluding hydrogens is 327 g/mol. The minimum Gasteiger partial charge on any atom is -0.465 e. The van der Waals surface area contributed by atoms with Crippen LogP contribution >= 0.6 is 15.9 Å². The second kappa shape index (κ2) is 5.92. The molecule has 0 aliphatic rings. The molecule has 0 bridgehead atoms. The van der Waals surface area contributed by atoms with Crippen LogP contribution in [0, 0.1) is 5.82 Å². The molecule has 0 atom stereocenters. The monoisotopic (exact) mass is 338 g/mol. The number of nitrogens with two attached hydrogens (primary N) is 1. The lowest BCUT2D eigenvalue weighted by atomic mass is 10.1. The van der Waals surface area contributed by atoms with Crippen molar-refractivity contribution in [2.75, 3.05) is 18.2 Å². The number of hydrogen-bond donors (Lipinski definition) is 2. The number of nitrogens with one attached hydrogen (secondary N) is 1. The number of halogens is 2. The maximum Gasteiger partial charge on any atom is 0.340 e. The SMILES string of the molecule is COC(=O)c1cccc(N)c1Nc1ccc(F)c(Br)c1. The van der Waals surface area contributed by atoms with Crippen molar-refractivity contribution in [3.8, 4) is 0 Å². The maximum absolute atomic E-state index is 13.2. The molecule has 2 aromatic carbocycles. The smallest absolute Gasteiger partial charge is 0.340 e. The van der Waals surface area contributed by atoms with E-state index in [4.69, 9.17) is 10.5 Å². The van der Waals surface area contributed by atoms with Gasteiger partial charge in [0.2, 0.25) is 0 Å². The quantitative estimate of drug-likeness (QED) is 0.661. The first-order chi connectivity index (χ1) is 9.52. The lowest BCUT2D eigenvalue weighted by Crippen LogP contribution is -2.08. The van der Waals surface area contributed by atoms with Gasteiger partial charge in [0.05, 0.1) is 28.5 Å². The van der Waals surface area contributed by atoms with Crippen LogP contribution in [0.5, 0.6) is 0 Å². The number of ether oxygens (including phenoxy) is 1. The Balaban J connectivity index is 2.42. The summed E-state index contributed by atoms with van der Waals surface area (Å²) < 4.78 is 18.2. The Bertz CT molecular complexity index is 662. The summed E-state index contributed by atoms with van der Waals surface area (Å²) in [6.45, 7) is 0. The van der Waals surface area contributed by atoms with Crippen LogP contribution in [0.3, 0.4) is 0 Å². The Kier molecular flexibility index (Phi) is 4.24. The van der Waals surface area contributed by atoms with Crippen LogP contribution in [0.2, 0.25) is 0 Å². The summed E-state index contributed by atoms with van der Waals surface area (Å²) in [5.41, 5.74) is 7.61. The third kappa shape index (κ3) is 2.91. The highest BCUT2D eigenvalue weighted by Gasteiger charge is 2.14. The molecule has 0 aliphatic heterocycles. The topological polar surface area (TPSA) is 64.3 Å². The Morgan fingerprint density at radius 3 is 2.75 bits per heavy atom. The van der Waals surface area contributed by atoms with Gasteiger partial charge in [-0.1, -0.05) is 6.07 Å². The third-order valence-electron chi connectivity index (χ3n) is 2.69. The molecule has 0 unspecified atom stereocenters. The van der Waals surface area contributed by atoms with E-state index in [1.807, 2.05) is 0 Å². The van der Waals surface area contributed by atoms with E-state index >= 15 is 0 Å². The summed E-state index contributed by atoms with van der Waals surface area (Å²) in [7, 11) is 1.30. The van der Waals surface area contributed by atoms with Crippen molar-refractivity contribution in [1.29, 1.82) is 0 Å². The first-order valence-electron chi connectivity index (χ1n) is 5.72. The fourth-order valence-electron chi connectivity index (χ4n) is 1.71. The van der Waals surface area contributed by atoms with Gasteiger partial charge in [-0.2, -0.15) is 0 Å². The number of anilines is 3. The lowest BCUT2D eigenvalue weighted by molar-refractivity contribution is 0.0602. The van der Waals surface area contributed by atoms with Crippen LogP contribution in [0.1, 0.15) is 10.4 Å². The Morgan fingerprint density at radius 2 is 2.10 bits per heavy atom. The second-order valence-electron chi connectivity index (χ2n) is 4.02. The summed E-state index contributed by atoms with van der Waals surface area (Å²) >= 11 is 3.10. The Labute approximate surface area is 123 Å². The zero-order chi connectivity index (χ0) is 14.7. The maximum atomic E-state index is 13.2. The molecule has 0 heterocycles. The Morgan fingerprint density at radius 1 is 1.35 bits per heavy atom. The first kappa shape index (κ1) is 14.3. The van der Waals surface area contributed by atoms with Gasteiger partial charge >= 0.3 is 5.97 Å². The number of methoxy groups -OCH3 is 1. The fourth-order valence-corrected chi connectivity index (χ4v) is 2.09. The van der Waals surface area contributed by atoms with E-state index in [1.54, 1.807) is 30.3 Å². The average Bonchev–Trinajstić information content (AvgIpc) is 2.44. The molecule has 0 saturated carbocycles. The average molecular weight is 339 g/mol. The highest BCUT2D eigenvalue weighted by Crippen LogP contribution is 2.29. The second-order valence-corrected chi connectivity index (χ2v) is 4.87. The van der Waals surface area contributed by atoms with Crippen molar-refractivity contribution in [2.24, 2.45) is 0 Å². The molecule has 20 heavy (non-hydrogen) atoms. The van der Waals surface area contributed by atoms with Crippen LogP contribution in [0.15, 0.2) is 40.9 Å².